The van der Waals surface area contributed by atoms with E-state index in [-0.39, 0.29) is 11.4 Å². The predicted octanol–water partition coefficient (Wildman–Crippen LogP) is 5.16. The fourth-order valence-electron chi connectivity index (χ4n) is 3.82. The van der Waals surface area contributed by atoms with E-state index in [1.54, 1.807) is 28.0 Å². The molecule has 0 aliphatic heterocycles. The average Bonchev–Trinajstić information content (AvgIpc) is 3.44. The lowest BCUT2D eigenvalue weighted by Gasteiger charge is -2.14. The zero-order valence-electron chi connectivity index (χ0n) is 20.0. The van der Waals surface area contributed by atoms with E-state index >= 15 is 0 Å². The first-order valence-electron chi connectivity index (χ1n) is 11.2. The molecule has 4 aromatic heterocycles. The summed E-state index contributed by atoms with van der Waals surface area (Å²) in [5.41, 5.74) is 5.12. The van der Waals surface area contributed by atoms with Crippen LogP contribution in [0, 0.1) is 0 Å². The molecule has 176 valence electrons. The van der Waals surface area contributed by atoms with Gasteiger partial charge in [-0.3, -0.25) is 20.0 Å². The van der Waals surface area contributed by atoms with E-state index < -0.39 is 0 Å². The van der Waals surface area contributed by atoms with Crippen molar-refractivity contribution in [2.75, 3.05) is 10.6 Å². The van der Waals surface area contributed by atoms with E-state index in [0.29, 0.717) is 11.5 Å². The molecule has 0 radical (unpaired) electrons. The van der Waals surface area contributed by atoms with Gasteiger partial charge in [-0.15, -0.1) is 0 Å². The summed E-state index contributed by atoms with van der Waals surface area (Å²) in [5.74, 6) is 0.574. The van der Waals surface area contributed by atoms with Crippen LogP contribution in [-0.4, -0.2) is 35.6 Å². The van der Waals surface area contributed by atoms with Gasteiger partial charge >= 0.3 is 6.03 Å². The molecule has 0 aliphatic carbocycles. The third kappa shape index (κ3) is 4.48. The van der Waals surface area contributed by atoms with E-state index in [9.17, 15) is 4.79 Å². The standard InChI is InChI=1S/C26H26N8O/c1-26(2,3)23-13-24(34(32-23)19-9-11-27-12-10-19)31-25(35)30-18-7-5-17(6-8-18)20-14-28-16-22-21(20)15-29-33(22)4/h5-16H,1-4H3,(H2,30,31,35). The summed E-state index contributed by atoms with van der Waals surface area (Å²) in [6.07, 6.45) is 8.85. The van der Waals surface area contributed by atoms with Crippen LogP contribution in [0.2, 0.25) is 0 Å². The van der Waals surface area contributed by atoms with Crippen molar-refractivity contribution >= 4 is 28.4 Å². The number of carbonyl (C=O) groups excluding carboxylic acids is 1. The summed E-state index contributed by atoms with van der Waals surface area (Å²) in [7, 11) is 1.89. The van der Waals surface area contributed by atoms with Crippen LogP contribution in [-0.2, 0) is 12.5 Å². The minimum atomic E-state index is -0.357. The van der Waals surface area contributed by atoms with Crippen molar-refractivity contribution in [2.24, 2.45) is 7.05 Å². The minimum absolute atomic E-state index is 0.174. The van der Waals surface area contributed by atoms with Crippen molar-refractivity contribution in [1.29, 1.82) is 0 Å². The van der Waals surface area contributed by atoms with Gasteiger partial charge in [0.05, 0.1) is 29.3 Å². The van der Waals surface area contributed by atoms with E-state index in [2.05, 4.69) is 46.5 Å². The third-order valence-electron chi connectivity index (χ3n) is 5.76. The molecule has 0 aliphatic rings. The van der Waals surface area contributed by atoms with Gasteiger partial charge in [0.15, 0.2) is 0 Å². The Bertz CT molecular complexity index is 1490. The van der Waals surface area contributed by atoms with Gasteiger partial charge in [-0.25, -0.2) is 9.48 Å². The molecule has 1 aromatic carbocycles. The molecule has 0 bridgehead atoms. The fourth-order valence-corrected chi connectivity index (χ4v) is 3.82. The highest BCUT2D eigenvalue weighted by molar-refractivity contribution is 6.00. The van der Waals surface area contributed by atoms with Crippen LogP contribution < -0.4 is 10.6 Å². The Morgan fingerprint density at radius 3 is 2.37 bits per heavy atom. The Hall–Kier alpha value is -4.53. The number of nitrogens with one attached hydrogen (secondary N) is 2. The van der Waals surface area contributed by atoms with E-state index in [4.69, 9.17) is 5.10 Å². The summed E-state index contributed by atoms with van der Waals surface area (Å²) in [6, 6.07) is 12.9. The molecule has 9 heteroatoms. The Kier molecular flexibility index (Phi) is 5.52. The molecule has 2 amide bonds. The van der Waals surface area contributed by atoms with Gasteiger partial charge < -0.3 is 5.32 Å². The van der Waals surface area contributed by atoms with Gasteiger partial charge in [0.1, 0.15) is 5.82 Å². The van der Waals surface area contributed by atoms with Crippen LogP contribution in [0.5, 0.6) is 0 Å². The molecule has 5 aromatic rings. The van der Waals surface area contributed by atoms with Gasteiger partial charge in [0.2, 0.25) is 0 Å². The largest absolute Gasteiger partial charge is 0.324 e. The Labute approximate surface area is 202 Å². The Balaban J connectivity index is 1.36. The maximum Gasteiger partial charge on any atom is 0.324 e. The summed E-state index contributed by atoms with van der Waals surface area (Å²) in [6.45, 7) is 6.25. The molecular formula is C26H26N8O. The number of rotatable bonds is 4. The molecule has 5 rings (SSSR count). The van der Waals surface area contributed by atoms with E-state index in [0.717, 1.165) is 33.4 Å². The molecular weight excluding hydrogens is 440 g/mol. The number of hydrogen-bond donors (Lipinski definition) is 2. The van der Waals surface area contributed by atoms with Gasteiger partial charge in [-0.1, -0.05) is 32.9 Å². The van der Waals surface area contributed by atoms with Crippen molar-refractivity contribution in [3.8, 4) is 16.8 Å². The van der Waals surface area contributed by atoms with E-state index in [1.165, 1.54) is 0 Å². The van der Waals surface area contributed by atoms with Gasteiger partial charge in [-0.05, 0) is 29.8 Å². The molecule has 0 saturated carbocycles. The number of hydrogen-bond acceptors (Lipinski definition) is 5. The Morgan fingerprint density at radius 2 is 1.66 bits per heavy atom. The summed E-state index contributed by atoms with van der Waals surface area (Å²) in [4.78, 5) is 21.3. The van der Waals surface area contributed by atoms with Crippen LogP contribution in [0.25, 0.3) is 27.7 Å². The highest BCUT2D eigenvalue weighted by atomic mass is 16.2. The number of anilines is 2. The topological polar surface area (TPSA) is 103 Å². The lowest BCUT2D eigenvalue weighted by atomic mass is 9.92. The molecule has 4 heterocycles. The maximum absolute atomic E-state index is 12.9. The van der Waals surface area contributed by atoms with Crippen molar-refractivity contribution in [2.45, 2.75) is 26.2 Å². The SMILES string of the molecule is Cn1ncc2c(-c3ccc(NC(=O)Nc4cc(C(C)(C)C)nn4-c4ccncc4)cc3)cncc21. The van der Waals surface area contributed by atoms with Crippen LogP contribution in [0.3, 0.4) is 0 Å². The first kappa shape index (κ1) is 22.3. The highest BCUT2D eigenvalue weighted by Crippen LogP contribution is 2.29. The smallest absolute Gasteiger partial charge is 0.308 e. The number of nitrogens with zero attached hydrogens (tertiary/aromatic N) is 6. The zero-order valence-corrected chi connectivity index (χ0v) is 20.0. The first-order chi connectivity index (χ1) is 16.8. The molecule has 0 unspecified atom stereocenters. The molecule has 35 heavy (non-hydrogen) atoms. The van der Waals surface area contributed by atoms with Crippen molar-refractivity contribution in [3.05, 3.63) is 79.1 Å². The number of urea groups is 1. The van der Waals surface area contributed by atoms with Crippen molar-refractivity contribution in [3.63, 3.8) is 0 Å². The zero-order chi connectivity index (χ0) is 24.6. The number of pyridine rings is 2. The van der Waals surface area contributed by atoms with Gasteiger partial charge in [0, 0.05) is 53.8 Å². The summed E-state index contributed by atoms with van der Waals surface area (Å²) >= 11 is 0. The third-order valence-corrected chi connectivity index (χ3v) is 5.76. The summed E-state index contributed by atoms with van der Waals surface area (Å²) in [5, 5.41) is 15.9. The number of amides is 2. The lowest BCUT2D eigenvalue weighted by Crippen LogP contribution is -2.21. The van der Waals surface area contributed by atoms with E-state index in [1.807, 2.05) is 61.9 Å². The molecule has 9 nitrogen and oxygen atoms in total. The summed E-state index contributed by atoms with van der Waals surface area (Å²) < 4.78 is 3.51. The second-order valence-corrected chi connectivity index (χ2v) is 9.33. The van der Waals surface area contributed by atoms with Crippen molar-refractivity contribution < 1.29 is 4.79 Å². The molecule has 0 spiro atoms. The number of aryl methyl sites for hydroxylation is 1. The molecule has 0 atom stereocenters. The maximum atomic E-state index is 12.9. The van der Waals surface area contributed by atoms with Crippen molar-refractivity contribution in [1.82, 2.24) is 29.5 Å². The second-order valence-electron chi connectivity index (χ2n) is 9.33. The number of carbonyl (C=O) groups is 1. The van der Waals surface area contributed by atoms with Gasteiger partial charge in [-0.2, -0.15) is 10.2 Å². The molecule has 2 N–H and O–H groups in total. The fraction of sp³-hybridized carbons (Fsp3) is 0.192. The number of fused-ring (bicyclic) bond motifs is 1. The van der Waals surface area contributed by atoms with Crippen LogP contribution in [0.15, 0.2) is 73.4 Å². The first-order valence-corrected chi connectivity index (χ1v) is 11.2. The number of benzene rings is 1. The second kappa shape index (κ2) is 8.68. The highest BCUT2D eigenvalue weighted by Gasteiger charge is 2.21. The van der Waals surface area contributed by atoms with Crippen LogP contribution in [0.1, 0.15) is 26.5 Å². The van der Waals surface area contributed by atoms with Crippen LogP contribution >= 0.6 is 0 Å². The molecule has 0 fully saturated rings. The number of aromatic nitrogens is 6. The quantitative estimate of drug-likeness (QED) is 0.381. The minimum Gasteiger partial charge on any atom is -0.308 e. The predicted molar refractivity (Wildman–Crippen MR) is 137 cm³/mol. The van der Waals surface area contributed by atoms with Gasteiger partial charge in [0.25, 0.3) is 0 Å². The monoisotopic (exact) mass is 466 g/mol. The Morgan fingerprint density at radius 1 is 0.914 bits per heavy atom. The normalized spacial score (nSPS) is 11.5. The average molecular weight is 467 g/mol. The molecule has 0 saturated heterocycles. The lowest BCUT2D eigenvalue weighted by molar-refractivity contribution is 0.262. The van der Waals surface area contributed by atoms with Crippen LogP contribution in [0.4, 0.5) is 16.3 Å².